The van der Waals surface area contributed by atoms with E-state index in [9.17, 15) is 8.42 Å². The van der Waals surface area contributed by atoms with Gasteiger partial charge >= 0.3 is 0 Å². The average Bonchev–Trinajstić information content (AvgIpc) is 2.79. The van der Waals surface area contributed by atoms with Gasteiger partial charge in [0.1, 0.15) is 5.75 Å². The van der Waals surface area contributed by atoms with Crippen LogP contribution in [-0.4, -0.2) is 20.5 Å². The van der Waals surface area contributed by atoms with E-state index in [2.05, 4.69) is 9.71 Å². The number of benzene rings is 1. The normalized spacial score (nSPS) is 11.3. The Morgan fingerprint density at radius 1 is 1.42 bits per heavy atom. The SMILES string of the molecule is COc1cc(N)ccc1NS(=O)(=O)c1cnc(C)s1. The van der Waals surface area contributed by atoms with Gasteiger partial charge in [0.05, 0.1) is 24.0 Å². The molecule has 0 spiro atoms. The van der Waals surface area contributed by atoms with Crippen molar-refractivity contribution in [2.45, 2.75) is 11.1 Å². The van der Waals surface area contributed by atoms with Crippen LogP contribution in [0.15, 0.2) is 28.6 Å². The molecule has 3 N–H and O–H groups in total. The second-order valence-corrected chi connectivity index (χ2v) is 6.91. The maximum absolute atomic E-state index is 12.1. The second-order valence-electron chi connectivity index (χ2n) is 3.76. The number of aryl methyl sites for hydroxylation is 1. The van der Waals surface area contributed by atoms with E-state index in [1.807, 2.05) is 0 Å². The van der Waals surface area contributed by atoms with Gasteiger partial charge in [-0.2, -0.15) is 0 Å². The lowest BCUT2D eigenvalue weighted by molar-refractivity contribution is 0.417. The van der Waals surface area contributed by atoms with Crippen molar-refractivity contribution in [1.82, 2.24) is 4.98 Å². The number of nitrogen functional groups attached to an aromatic ring is 1. The predicted molar refractivity (Wildman–Crippen MR) is 75.1 cm³/mol. The molecule has 0 saturated carbocycles. The average molecular weight is 299 g/mol. The molecule has 2 aromatic rings. The van der Waals surface area contributed by atoms with Gasteiger partial charge in [0.25, 0.3) is 10.0 Å². The first kappa shape index (κ1) is 13.6. The van der Waals surface area contributed by atoms with E-state index in [0.717, 1.165) is 11.3 Å². The van der Waals surface area contributed by atoms with Crippen molar-refractivity contribution < 1.29 is 13.2 Å². The number of nitrogens with one attached hydrogen (secondary N) is 1. The van der Waals surface area contributed by atoms with Crippen LogP contribution in [0.2, 0.25) is 0 Å². The van der Waals surface area contributed by atoms with E-state index in [1.54, 1.807) is 25.1 Å². The molecule has 0 saturated heterocycles. The monoisotopic (exact) mass is 299 g/mol. The first-order chi connectivity index (χ1) is 8.92. The molecule has 102 valence electrons. The highest BCUT2D eigenvalue weighted by Crippen LogP contribution is 2.29. The van der Waals surface area contributed by atoms with Gasteiger partial charge in [-0.3, -0.25) is 4.72 Å². The summed E-state index contributed by atoms with van der Waals surface area (Å²) in [4.78, 5) is 3.93. The van der Waals surface area contributed by atoms with E-state index >= 15 is 0 Å². The van der Waals surface area contributed by atoms with Crippen LogP contribution in [0.3, 0.4) is 0 Å². The first-order valence-electron chi connectivity index (χ1n) is 5.31. The van der Waals surface area contributed by atoms with Crippen LogP contribution in [0.4, 0.5) is 11.4 Å². The molecule has 0 aliphatic carbocycles. The third kappa shape index (κ3) is 2.96. The Hall–Kier alpha value is -1.80. The summed E-state index contributed by atoms with van der Waals surface area (Å²) in [5.41, 5.74) is 6.45. The highest BCUT2D eigenvalue weighted by molar-refractivity contribution is 7.94. The molecule has 1 aromatic carbocycles. The third-order valence-electron chi connectivity index (χ3n) is 2.33. The summed E-state index contributed by atoms with van der Waals surface area (Å²) in [6, 6.07) is 4.70. The topological polar surface area (TPSA) is 94.3 Å². The molecule has 1 aromatic heterocycles. The number of rotatable bonds is 4. The molecule has 0 unspecified atom stereocenters. The molecular weight excluding hydrogens is 286 g/mol. The van der Waals surface area contributed by atoms with Gasteiger partial charge in [-0.25, -0.2) is 13.4 Å². The fourth-order valence-corrected chi connectivity index (χ4v) is 3.63. The minimum Gasteiger partial charge on any atom is -0.494 e. The molecule has 0 radical (unpaired) electrons. The zero-order valence-corrected chi connectivity index (χ0v) is 12.0. The Bertz CT molecular complexity index is 695. The Kier molecular flexibility index (Phi) is 3.63. The van der Waals surface area contributed by atoms with Crippen molar-refractivity contribution in [3.8, 4) is 5.75 Å². The van der Waals surface area contributed by atoms with Gasteiger partial charge < -0.3 is 10.5 Å². The fourth-order valence-electron chi connectivity index (χ4n) is 1.45. The van der Waals surface area contributed by atoms with Crippen molar-refractivity contribution in [3.63, 3.8) is 0 Å². The fraction of sp³-hybridized carbons (Fsp3) is 0.182. The summed E-state index contributed by atoms with van der Waals surface area (Å²) in [6.07, 6.45) is 1.33. The van der Waals surface area contributed by atoms with Gasteiger partial charge in [-0.05, 0) is 19.1 Å². The van der Waals surface area contributed by atoms with Crippen molar-refractivity contribution in [2.75, 3.05) is 17.6 Å². The molecule has 1 heterocycles. The lowest BCUT2D eigenvalue weighted by Crippen LogP contribution is -2.12. The lowest BCUT2D eigenvalue weighted by Gasteiger charge is -2.11. The number of thiazole rings is 1. The van der Waals surface area contributed by atoms with E-state index in [1.165, 1.54) is 13.3 Å². The molecule has 6 nitrogen and oxygen atoms in total. The quantitative estimate of drug-likeness (QED) is 0.840. The molecule has 0 amide bonds. The molecule has 8 heteroatoms. The van der Waals surface area contributed by atoms with E-state index < -0.39 is 10.0 Å². The minimum absolute atomic E-state index is 0.156. The Morgan fingerprint density at radius 3 is 2.74 bits per heavy atom. The molecule has 19 heavy (non-hydrogen) atoms. The number of aromatic nitrogens is 1. The summed E-state index contributed by atoms with van der Waals surface area (Å²) in [5.74, 6) is 0.366. The number of anilines is 2. The van der Waals surface area contributed by atoms with E-state index in [-0.39, 0.29) is 4.21 Å². The molecule has 0 fully saturated rings. The lowest BCUT2D eigenvalue weighted by atomic mass is 10.2. The van der Waals surface area contributed by atoms with Crippen molar-refractivity contribution >= 4 is 32.7 Å². The summed E-state index contributed by atoms with van der Waals surface area (Å²) in [6.45, 7) is 1.74. The largest absolute Gasteiger partial charge is 0.494 e. The molecule has 2 rings (SSSR count). The van der Waals surface area contributed by atoms with E-state index in [4.69, 9.17) is 10.5 Å². The summed E-state index contributed by atoms with van der Waals surface area (Å²) in [7, 11) is -2.20. The molecule has 0 bridgehead atoms. The molecular formula is C11H13N3O3S2. The first-order valence-corrected chi connectivity index (χ1v) is 7.61. The molecule has 0 atom stereocenters. The summed E-state index contributed by atoms with van der Waals surface area (Å²) >= 11 is 1.10. The van der Waals surface area contributed by atoms with E-state index in [0.29, 0.717) is 22.1 Å². The number of sulfonamides is 1. The minimum atomic E-state index is -3.65. The van der Waals surface area contributed by atoms with Gasteiger partial charge in [0.15, 0.2) is 4.21 Å². The summed E-state index contributed by atoms with van der Waals surface area (Å²) < 4.78 is 32.0. The number of nitrogens with zero attached hydrogens (tertiary/aromatic N) is 1. The third-order valence-corrected chi connectivity index (χ3v) is 5.07. The molecule has 0 aliphatic rings. The zero-order chi connectivity index (χ0) is 14.0. The van der Waals surface area contributed by atoms with Gasteiger partial charge in [0, 0.05) is 11.8 Å². The van der Waals surface area contributed by atoms with Crippen LogP contribution in [0.5, 0.6) is 5.75 Å². The number of ether oxygens (including phenoxy) is 1. The smallest absolute Gasteiger partial charge is 0.273 e. The number of hydrogen-bond donors (Lipinski definition) is 2. The van der Waals surface area contributed by atoms with Crippen LogP contribution in [-0.2, 0) is 10.0 Å². The van der Waals surface area contributed by atoms with Crippen molar-refractivity contribution in [3.05, 3.63) is 29.4 Å². The number of hydrogen-bond acceptors (Lipinski definition) is 6. The summed E-state index contributed by atoms with van der Waals surface area (Å²) in [5, 5.41) is 0.685. The maximum atomic E-state index is 12.1. The van der Waals surface area contributed by atoms with Crippen LogP contribution in [0.25, 0.3) is 0 Å². The molecule has 0 aliphatic heterocycles. The Balaban J connectivity index is 2.35. The predicted octanol–water partition coefficient (Wildman–Crippen LogP) is 1.84. The Labute approximate surface area is 115 Å². The van der Waals surface area contributed by atoms with Gasteiger partial charge in [0.2, 0.25) is 0 Å². The van der Waals surface area contributed by atoms with Gasteiger partial charge in [-0.15, -0.1) is 11.3 Å². The number of nitrogens with two attached hydrogens (primary N) is 1. The van der Waals surface area contributed by atoms with Crippen molar-refractivity contribution in [1.29, 1.82) is 0 Å². The van der Waals surface area contributed by atoms with Crippen LogP contribution in [0.1, 0.15) is 5.01 Å². The number of methoxy groups -OCH3 is 1. The zero-order valence-electron chi connectivity index (χ0n) is 10.4. The highest BCUT2D eigenvalue weighted by Gasteiger charge is 2.19. The van der Waals surface area contributed by atoms with Crippen molar-refractivity contribution in [2.24, 2.45) is 0 Å². The standard InChI is InChI=1S/C11H13N3O3S2/c1-7-13-6-11(18-7)19(15,16)14-9-4-3-8(12)5-10(9)17-2/h3-6,14H,12H2,1-2H3. The maximum Gasteiger partial charge on any atom is 0.273 e. The van der Waals surface area contributed by atoms with Crippen LogP contribution >= 0.6 is 11.3 Å². The van der Waals surface area contributed by atoms with Crippen LogP contribution in [0, 0.1) is 6.92 Å². The van der Waals surface area contributed by atoms with Gasteiger partial charge in [-0.1, -0.05) is 0 Å². The Morgan fingerprint density at radius 2 is 2.16 bits per heavy atom. The highest BCUT2D eigenvalue weighted by atomic mass is 32.2. The van der Waals surface area contributed by atoms with Crippen LogP contribution < -0.4 is 15.2 Å². The second kappa shape index (κ2) is 5.06.